The Kier molecular flexibility index (Phi) is 7.14. The standard InChI is InChI=1S/C26H16Cl5N3O3/c27-18-19(28)21(30)24(22(31)20(18)29)33-10-4-5-14-11-13(8-9-17(14)33)12-16-23(26(36)37)32-34(25(16)35)15-6-2-1-3-7-15/h1-3,6-9,11-12H,4-5,10H2,(H,36,37)/b16-12-. The maximum Gasteiger partial charge on any atom is 0.357 e. The van der Waals surface area contributed by atoms with Crippen LogP contribution in [-0.4, -0.2) is 29.2 Å². The molecular formula is C26H16Cl5N3O3. The van der Waals surface area contributed by atoms with Gasteiger partial charge in [0.1, 0.15) is 0 Å². The van der Waals surface area contributed by atoms with Gasteiger partial charge in [-0.1, -0.05) is 82.3 Å². The number of carboxylic acid groups (broad SMARTS) is 1. The van der Waals surface area contributed by atoms with Gasteiger partial charge in [0.2, 0.25) is 0 Å². The van der Waals surface area contributed by atoms with E-state index in [-0.39, 0.29) is 36.4 Å². The summed E-state index contributed by atoms with van der Waals surface area (Å²) in [6.07, 6.45) is 3.06. The lowest BCUT2D eigenvalue weighted by Crippen LogP contribution is -2.25. The number of fused-ring (bicyclic) bond motifs is 1. The molecule has 0 aliphatic carbocycles. The molecule has 0 radical (unpaired) electrons. The SMILES string of the molecule is O=C(O)C1=NN(c2ccccc2)C(=O)/C1=C\c1ccc2c(c1)CCCN2c1c(Cl)c(Cl)c(Cl)c(Cl)c1Cl. The van der Waals surface area contributed by atoms with E-state index in [1.165, 1.54) is 6.08 Å². The van der Waals surface area contributed by atoms with E-state index in [1.54, 1.807) is 36.4 Å². The Morgan fingerprint density at radius 2 is 1.57 bits per heavy atom. The summed E-state index contributed by atoms with van der Waals surface area (Å²) in [5.74, 6) is -1.81. The number of anilines is 3. The van der Waals surface area contributed by atoms with Crippen LogP contribution in [0.2, 0.25) is 25.1 Å². The summed E-state index contributed by atoms with van der Waals surface area (Å²) in [6.45, 7) is 0.613. The Hall–Kier alpha value is -2.74. The Labute approximate surface area is 237 Å². The number of carboxylic acids is 1. The third kappa shape index (κ3) is 4.58. The zero-order valence-electron chi connectivity index (χ0n) is 18.8. The van der Waals surface area contributed by atoms with Crippen LogP contribution in [0.3, 0.4) is 0 Å². The number of aryl methyl sites for hydroxylation is 1. The second kappa shape index (κ2) is 10.2. The number of aliphatic carboxylic acids is 1. The Balaban J connectivity index is 1.54. The van der Waals surface area contributed by atoms with Crippen molar-refractivity contribution >= 4 is 98.7 Å². The number of nitrogens with zero attached hydrogens (tertiary/aromatic N) is 3. The van der Waals surface area contributed by atoms with Crippen LogP contribution < -0.4 is 9.91 Å². The molecule has 3 aromatic carbocycles. The molecule has 5 rings (SSSR count). The van der Waals surface area contributed by atoms with Gasteiger partial charge in [-0.25, -0.2) is 4.79 Å². The van der Waals surface area contributed by atoms with Gasteiger partial charge in [-0.05, 0) is 54.3 Å². The van der Waals surface area contributed by atoms with Crippen LogP contribution in [0.1, 0.15) is 17.5 Å². The zero-order chi connectivity index (χ0) is 26.4. The van der Waals surface area contributed by atoms with Crippen LogP contribution in [0.25, 0.3) is 6.08 Å². The fraction of sp³-hybridized carbons (Fsp3) is 0.115. The molecule has 11 heteroatoms. The third-order valence-electron chi connectivity index (χ3n) is 6.07. The molecule has 2 aliphatic rings. The Morgan fingerprint density at radius 3 is 2.22 bits per heavy atom. The van der Waals surface area contributed by atoms with Gasteiger partial charge in [-0.3, -0.25) is 4.79 Å². The van der Waals surface area contributed by atoms with Crippen LogP contribution in [0, 0.1) is 0 Å². The smallest absolute Gasteiger partial charge is 0.357 e. The number of carbonyl (C=O) groups is 2. The fourth-order valence-corrected chi connectivity index (χ4v) is 5.72. The van der Waals surface area contributed by atoms with Crippen LogP contribution in [0.5, 0.6) is 0 Å². The van der Waals surface area contributed by atoms with E-state index < -0.39 is 11.9 Å². The summed E-state index contributed by atoms with van der Waals surface area (Å²) >= 11 is 31.8. The predicted octanol–water partition coefficient (Wildman–Crippen LogP) is 7.91. The van der Waals surface area contributed by atoms with Gasteiger partial charge in [0, 0.05) is 12.2 Å². The largest absolute Gasteiger partial charge is 0.476 e. The lowest BCUT2D eigenvalue weighted by atomic mass is 9.97. The number of carbonyl (C=O) groups excluding carboxylic acids is 1. The highest BCUT2D eigenvalue weighted by atomic mass is 35.5. The molecule has 0 bridgehead atoms. The second-order valence-electron chi connectivity index (χ2n) is 8.33. The van der Waals surface area contributed by atoms with Crippen molar-refractivity contribution in [1.29, 1.82) is 0 Å². The molecular weight excluding hydrogens is 580 g/mol. The molecule has 0 saturated heterocycles. The maximum atomic E-state index is 13.1. The summed E-state index contributed by atoms with van der Waals surface area (Å²) in [6, 6.07) is 14.2. The Morgan fingerprint density at radius 1 is 0.919 bits per heavy atom. The average molecular weight is 596 g/mol. The van der Waals surface area contributed by atoms with Crippen LogP contribution in [0.15, 0.2) is 59.2 Å². The van der Waals surface area contributed by atoms with Crippen LogP contribution >= 0.6 is 58.0 Å². The summed E-state index contributed by atoms with van der Waals surface area (Å²) in [4.78, 5) is 26.9. The topological polar surface area (TPSA) is 73.2 Å². The van der Waals surface area contributed by atoms with Crippen molar-refractivity contribution in [2.75, 3.05) is 16.5 Å². The van der Waals surface area contributed by atoms with Crippen molar-refractivity contribution in [2.45, 2.75) is 12.8 Å². The molecule has 1 N–H and O–H groups in total. The lowest BCUT2D eigenvalue weighted by molar-refractivity contribution is -0.129. The van der Waals surface area contributed by atoms with Crippen LogP contribution in [0.4, 0.5) is 17.1 Å². The zero-order valence-corrected chi connectivity index (χ0v) is 22.6. The summed E-state index contributed by atoms with van der Waals surface area (Å²) < 4.78 is 0. The van der Waals surface area contributed by atoms with Gasteiger partial charge >= 0.3 is 5.97 Å². The normalized spacial score (nSPS) is 16.3. The quantitative estimate of drug-likeness (QED) is 0.189. The minimum atomic E-state index is -1.29. The molecule has 0 fully saturated rings. The van der Waals surface area contributed by atoms with Crippen LogP contribution in [-0.2, 0) is 16.0 Å². The van der Waals surface area contributed by atoms with Crippen molar-refractivity contribution in [3.05, 3.63) is 90.3 Å². The summed E-state index contributed by atoms with van der Waals surface area (Å²) in [7, 11) is 0. The number of amides is 1. The first-order valence-electron chi connectivity index (χ1n) is 11.0. The number of hydrogen-bond donors (Lipinski definition) is 1. The number of hydrazone groups is 1. The number of rotatable bonds is 4. The molecule has 0 aromatic heterocycles. The van der Waals surface area contributed by atoms with Crippen molar-refractivity contribution in [3.8, 4) is 0 Å². The van der Waals surface area contributed by atoms with Gasteiger partial charge in [-0.2, -0.15) is 10.1 Å². The van der Waals surface area contributed by atoms with Crippen molar-refractivity contribution in [3.63, 3.8) is 0 Å². The van der Waals surface area contributed by atoms with Gasteiger partial charge in [0.25, 0.3) is 5.91 Å². The third-order valence-corrected chi connectivity index (χ3v) is 8.33. The highest BCUT2D eigenvalue weighted by Crippen LogP contribution is 2.51. The number of hydrogen-bond acceptors (Lipinski definition) is 4. The second-order valence-corrected chi connectivity index (χ2v) is 10.2. The minimum absolute atomic E-state index is 0.00803. The van der Waals surface area contributed by atoms with Gasteiger partial charge in [0.15, 0.2) is 5.71 Å². The van der Waals surface area contributed by atoms with E-state index in [4.69, 9.17) is 58.0 Å². The van der Waals surface area contributed by atoms with E-state index >= 15 is 0 Å². The molecule has 3 aromatic rings. The monoisotopic (exact) mass is 593 g/mol. The highest BCUT2D eigenvalue weighted by molar-refractivity contribution is 6.57. The molecule has 2 aliphatic heterocycles. The lowest BCUT2D eigenvalue weighted by Gasteiger charge is -2.33. The van der Waals surface area contributed by atoms with Gasteiger partial charge in [0.05, 0.1) is 42.1 Å². The van der Waals surface area contributed by atoms with Crippen molar-refractivity contribution in [2.24, 2.45) is 5.10 Å². The molecule has 2 heterocycles. The van der Waals surface area contributed by atoms with E-state index in [0.717, 1.165) is 29.1 Å². The molecule has 188 valence electrons. The first-order valence-corrected chi connectivity index (χ1v) is 12.9. The molecule has 6 nitrogen and oxygen atoms in total. The van der Waals surface area contributed by atoms with Gasteiger partial charge in [-0.15, -0.1) is 0 Å². The number of benzene rings is 3. The molecule has 0 saturated carbocycles. The summed E-state index contributed by atoms with van der Waals surface area (Å²) in [5, 5.41) is 15.6. The fourth-order valence-electron chi connectivity index (χ4n) is 4.38. The highest BCUT2D eigenvalue weighted by Gasteiger charge is 2.35. The average Bonchev–Trinajstić information content (AvgIpc) is 3.23. The molecule has 0 atom stereocenters. The van der Waals surface area contributed by atoms with E-state index in [9.17, 15) is 14.7 Å². The molecule has 1 amide bonds. The minimum Gasteiger partial charge on any atom is -0.476 e. The molecule has 0 unspecified atom stereocenters. The van der Waals surface area contributed by atoms with Crippen molar-refractivity contribution in [1.82, 2.24) is 0 Å². The van der Waals surface area contributed by atoms with E-state index in [1.807, 2.05) is 17.0 Å². The predicted molar refractivity (Wildman–Crippen MR) is 150 cm³/mol. The molecule has 37 heavy (non-hydrogen) atoms. The summed E-state index contributed by atoms with van der Waals surface area (Å²) in [5.41, 5.74) is 3.04. The van der Waals surface area contributed by atoms with Crippen molar-refractivity contribution < 1.29 is 14.7 Å². The maximum absolute atomic E-state index is 13.1. The number of para-hydroxylation sites is 1. The van der Waals surface area contributed by atoms with E-state index in [0.29, 0.717) is 23.5 Å². The number of halogens is 5. The first kappa shape index (κ1) is 25.9. The van der Waals surface area contributed by atoms with Gasteiger partial charge < -0.3 is 10.0 Å². The molecule has 0 spiro atoms. The first-order chi connectivity index (χ1) is 17.7. The Bertz CT molecular complexity index is 1490. The van der Waals surface area contributed by atoms with E-state index in [2.05, 4.69) is 5.10 Å².